The molecule has 36 heavy (non-hydrogen) atoms. The Labute approximate surface area is 212 Å². The molecule has 7 heteroatoms. The predicted octanol–water partition coefficient (Wildman–Crippen LogP) is 4.99. The van der Waals surface area contributed by atoms with Crippen LogP contribution < -0.4 is 4.90 Å². The van der Waals surface area contributed by atoms with Crippen molar-refractivity contribution in [1.29, 1.82) is 0 Å². The Kier molecular flexibility index (Phi) is 6.86. The van der Waals surface area contributed by atoms with Crippen LogP contribution in [0.3, 0.4) is 0 Å². The van der Waals surface area contributed by atoms with Crippen LogP contribution in [0.4, 0.5) is 5.69 Å². The number of hydrogen-bond acceptors (Lipinski definition) is 5. The first kappa shape index (κ1) is 24.5. The van der Waals surface area contributed by atoms with Crippen LogP contribution in [0.15, 0.2) is 71.3 Å². The fourth-order valence-corrected chi connectivity index (χ4v) is 6.24. The van der Waals surface area contributed by atoms with Crippen LogP contribution in [0.1, 0.15) is 45.1 Å². The highest BCUT2D eigenvalue weighted by Gasteiger charge is 2.57. The topological polar surface area (TPSA) is 87.1 Å². The van der Waals surface area contributed by atoms with Crippen molar-refractivity contribution in [2.24, 2.45) is 17.8 Å². The molecule has 0 unspecified atom stereocenters. The van der Waals surface area contributed by atoms with Crippen LogP contribution >= 0.6 is 0 Å². The maximum Gasteiger partial charge on any atom is 0.455 e. The molecule has 2 N–H and O–H groups in total. The predicted molar refractivity (Wildman–Crippen MR) is 140 cm³/mol. The van der Waals surface area contributed by atoms with Gasteiger partial charge in [0.15, 0.2) is 0 Å². The molecule has 2 heterocycles. The van der Waals surface area contributed by atoms with Crippen molar-refractivity contribution < 1.29 is 24.4 Å². The molecule has 2 amide bonds. The lowest BCUT2D eigenvalue weighted by Gasteiger charge is -2.43. The maximum absolute atomic E-state index is 13.6. The lowest BCUT2D eigenvalue weighted by Crippen LogP contribution is -2.46. The minimum absolute atomic E-state index is 0.139. The molecule has 2 aliphatic heterocycles. The van der Waals surface area contributed by atoms with Gasteiger partial charge in [-0.1, -0.05) is 60.5 Å². The molecule has 3 aliphatic rings. The number of anilines is 1. The van der Waals surface area contributed by atoms with E-state index in [-0.39, 0.29) is 29.6 Å². The molecular formula is C29H32BNO5. The van der Waals surface area contributed by atoms with E-state index in [0.29, 0.717) is 24.8 Å². The molecule has 0 spiro atoms. The summed E-state index contributed by atoms with van der Waals surface area (Å²) in [6, 6.07) is 16.3. The van der Waals surface area contributed by atoms with E-state index in [9.17, 15) is 19.7 Å². The van der Waals surface area contributed by atoms with Gasteiger partial charge in [-0.25, -0.2) is 0 Å². The average molecular weight is 485 g/mol. The Morgan fingerprint density at radius 2 is 1.81 bits per heavy atom. The number of imide groups is 1. The first-order valence-corrected chi connectivity index (χ1v) is 12.8. The molecule has 6 nitrogen and oxygen atoms in total. The van der Waals surface area contributed by atoms with Crippen LogP contribution in [-0.2, 0) is 14.2 Å². The minimum Gasteiger partial charge on any atom is -0.507 e. The highest BCUT2D eigenvalue weighted by Crippen LogP contribution is 2.51. The number of amides is 2. The van der Waals surface area contributed by atoms with E-state index < -0.39 is 19.0 Å². The number of fused-ring (bicyclic) bond motifs is 3. The van der Waals surface area contributed by atoms with Crippen LogP contribution in [0.2, 0.25) is 6.32 Å². The summed E-state index contributed by atoms with van der Waals surface area (Å²) in [6.07, 6.45) is 4.70. The Morgan fingerprint density at radius 3 is 2.53 bits per heavy atom. The molecule has 2 saturated heterocycles. The molecule has 2 fully saturated rings. The Hall–Kier alpha value is -3.16. The lowest BCUT2D eigenvalue weighted by molar-refractivity contribution is -0.122. The van der Waals surface area contributed by atoms with Gasteiger partial charge >= 0.3 is 7.12 Å². The molecule has 4 atom stereocenters. The molecule has 0 aromatic heterocycles. The van der Waals surface area contributed by atoms with E-state index in [0.717, 1.165) is 29.6 Å². The first-order chi connectivity index (χ1) is 17.4. The third kappa shape index (κ3) is 4.42. The number of nitrogens with zero attached hydrogens (tertiary/aromatic N) is 1. The van der Waals surface area contributed by atoms with Gasteiger partial charge in [-0.2, -0.15) is 0 Å². The van der Waals surface area contributed by atoms with Gasteiger partial charge in [-0.15, -0.1) is 0 Å². The Balaban J connectivity index is 1.41. The zero-order valence-electron chi connectivity index (χ0n) is 20.8. The molecular weight excluding hydrogens is 453 g/mol. The number of carbonyl (C=O) groups excluding carboxylic acids is 2. The summed E-state index contributed by atoms with van der Waals surface area (Å²) in [7, 11) is -0.975. The van der Waals surface area contributed by atoms with Gasteiger partial charge in [0.2, 0.25) is 11.8 Å². The molecule has 5 rings (SSSR count). The monoisotopic (exact) mass is 485 g/mol. The SMILES string of the molecule is CCC1=C2[C@@H](CC/C(C)=C/c3ccccc3O)OB(O)C[C@@H]2[C@@H]2C(=O)N(c3ccccc3)C(=O)[C@@H]2C1. The zero-order valence-corrected chi connectivity index (χ0v) is 20.8. The van der Waals surface area contributed by atoms with Gasteiger partial charge in [-0.05, 0) is 68.6 Å². The number of rotatable bonds is 6. The van der Waals surface area contributed by atoms with Gasteiger partial charge in [0.1, 0.15) is 5.75 Å². The number of para-hydroxylation sites is 2. The second-order valence-corrected chi connectivity index (χ2v) is 10.1. The van der Waals surface area contributed by atoms with Gasteiger partial charge in [-0.3, -0.25) is 14.5 Å². The standard InChI is InChI=1S/C29H32BNO5/c1-3-19-16-22-27(29(34)31(28(22)33)21-10-5-4-6-11-21)23-17-30(35)36-25(26(19)23)14-13-18(2)15-20-9-7-8-12-24(20)32/h4-12,15,22-23,25,27,32,35H,3,13-14,16-17H2,1-2H3/b18-15+/t22-,23+,25-,27-/m1/s1. The minimum atomic E-state index is -0.975. The summed E-state index contributed by atoms with van der Waals surface area (Å²) in [6.45, 7) is 4.10. The summed E-state index contributed by atoms with van der Waals surface area (Å²) >= 11 is 0. The number of carbonyl (C=O) groups is 2. The number of hydrogen-bond donors (Lipinski definition) is 2. The van der Waals surface area contributed by atoms with Crippen molar-refractivity contribution in [3.63, 3.8) is 0 Å². The number of aromatic hydroxyl groups is 1. The second-order valence-electron chi connectivity index (χ2n) is 10.1. The summed E-state index contributed by atoms with van der Waals surface area (Å²) in [5, 5.41) is 20.8. The Bertz CT molecular complexity index is 1220. The van der Waals surface area contributed by atoms with E-state index in [1.807, 2.05) is 43.3 Å². The molecule has 186 valence electrons. The number of allylic oxidation sites excluding steroid dienone is 2. The smallest absolute Gasteiger partial charge is 0.455 e. The lowest BCUT2D eigenvalue weighted by atomic mass is 9.58. The van der Waals surface area contributed by atoms with Crippen molar-refractivity contribution >= 4 is 30.7 Å². The largest absolute Gasteiger partial charge is 0.507 e. The average Bonchev–Trinajstić information content (AvgIpc) is 3.13. The zero-order chi connectivity index (χ0) is 25.4. The highest BCUT2D eigenvalue weighted by molar-refractivity contribution is 6.43. The molecule has 0 radical (unpaired) electrons. The maximum atomic E-state index is 13.6. The summed E-state index contributed by atoms with van der Waals surface area (Å²) in [4.78, 5) is 28.4. The summed E-state index contributed by atoms with van der Waals surface area (Å²) in [5.41, 5.74) is 4.75. The Morgan fingerprint density at radius 1 is 1.08 bits per heavy atom. The summed E-state index contributed by atoms with van der Waals surface area (Å²) in [5.74, 6) is -1.14. The fraction of sp³-hybridized carbons (Fsp3) is 0.379. The van der Waals surface area contributed by atoms with Gasteiger partial charge < -0.3 is 14.8 Å². The van der Waals surface area contributed by atoms with E-state index in [4.69, 9.17) is 4.65 Å². The van der Waals surface area contributed by atoms with Crippen molar-refractivity contribution in [1.82, 2.24) is 0 Å². The third-order valence-electron chi connectivity index (χ3n) is 7.89. The third-order valence-corrected chi connectivity index (χ3v) is 7.89. The quantitative estimate of drug-likeness (QED) is 0.342. The summed E-state index contributed by atoms with van der Waals surface area (Å²) < 4.78 is 6.05. The van der Waals surface area contributed by atoms with Crippen LogP contribution in [-0.4, -0.2) is 35.2 Å². The molecule has 2 aromatic rings. The molecule has 2 aromatic carbocycles. The first-order valence-electron chi connectivity index (χ1n) is 12.8. The van der Waals surface area contributed by atoms with Crippen LogP contribution in [0, 0.1) is 17.8 Å². The van der Waals surface area contributed by atoms with Crippen molar-refractivity contribution in [3.8, 4) is 5.75 Å². The molecule has 0 saturated carbocycles. The van der Waals surface area contributed by atoms with Crippen LogP contribution in [0.5, 0.6) is 5.75 Å². The van der Waals surface area contributed by atoms with Crippen LogP contribution in [0.25, 0.3) is 6.08 Å². The number of benzene rings is 2. The van der Waals surface area contributed by atoms with E-state index in [1.54, 1.807) is 24.3 Å². The second kappa shape index (κ2) is 10.1. The molecule has 1 aliphatic carbocycles. The van der Waals surface area contributed by atoms with Gasteiger partial charge in [0, 0.05) is 5.56 Å². The molecule has 0 bridgehead atoms. The van der Waals surface area contributed by atoms with E-state index in [1.165, 1.54) is 10.5 Å². The normalized spacial score (nSPS) is 26.4. The van der Waals surface area contributed by atoms with Crippen molar-refractivity contribution in [3.05, 3.63) is 76.9 Å². The van der Waals surface area contributed by atoms with Gasteiger partial charge in [0.05, 0.1) is 23.6 Å². The fourth-order valence-electron chi connectivity index (χ4n) is 6.24. The van der Waals surface area contributed by atoms with Crippen molar-refractivity contribution in [2.75, 3.05) is 4.90 Å². The highest BCUT2D eigenvalue weighted by atomic mass is 16.5. The van der Waals surface area contributed by atoms with Crippen molar-refractivity contribution in [2.45, 2.75) is 52.0 Å². The van der Waals surface area contributed by atoms with Gasteiger partial charge in [0.25, 0.3) is 0 Å². The van der Waals surface area contributed by atoms with E-state index in [2.05, 4.69) is 6.92 Å². The van der Waals surface area contributed by atoms with E-state index >= 15 is 0 Å². The number of phenols is 1. The number of phenolic OH excluding ortho intramolecular Hbond substituents is 1.